The first-order chi connectivity index (χ1) is 18.7. The van der Waals surface area contributed by atoms with Gasteiger partial charge in [0.15, 0.2) is 5.69 Å². The van der Waals surface area contributed by atoms with Crippen molar-refractivity contribution in [1.82, 2.24) is 20.1 Å². The van der Waals surface area contributed by atoms with Crippen LogP contribution in [0.15, 0.2) is 41.3 Å². The lowest BCUT2D eigenvalue weighted by molar-refractivity contribution is -0.138. The number of carbonyl (C=O) groups is 1. The zero-order valence-electron chi connectivity index (χ0n) is 21.4. The number of nitrogens with one attached hydrogen (secondary N) is 1. The lowest BCUT2D eigenvalue weighted by Gasteiger charge is -2.41. The fourth-order valence-electron chi connectivity index (χ4n) is 5.08. The molecule has 2 aliphatic rings. The molecule has 0 radical (unpaired) electrons. The topological polar surface area (TPSA) is 123 Å². The monoisotopic (exact) mass is 545 g/mol. The Morgan fingerprint density at radius 1 is 1.21 bits per heavy atom. The number of oxazole rings is 1. The molecule has 13 heteroatoms. The summed E-state index contributed by atoms with van der Waals surface area (Å²) in [7, 11) is 1.89. The second-order valence-corrected chi connectivity index (χ2v) is 9.80. The van der Waals surface area contributed by atoms with E-state index in [2.05, 4.69) is 20.5 Å². The molecule has 3 N–H and O–H groups in total. The van der Waals surface area contributed by atoms with Crippen LogP contribution in [0.2, 0.25) is 0 Å². The third-order valence-corrected chi connectivity index (χ3v) is 7.20. The highest BCUT2D eigenvalue weighted by atomic mass is 19.4. The first kappa shape index (κ1) is 26.9. The molecule has 0 bridgehead atoms. The normalized spacial score (nSPS) is 18.9. The van der Waals surface area contributed by atoms with Gasteiger partial charge in [0.25, 0.3) is 5.91 Å². The van der Waals surface area contributed by atoms with Crippen molar-refractivity contribution in [3.63, 3.8) is 0 Å². The summed E-state index contributed by atoms with van der Waals surface area (Å²) in [5.74, 6) is -0.814. The summed E-state index contributed by atoms with van der Waals surface area (Å²) >= 11 is 0. The first-order valence-electron chi connectivity index (χ1n) is 12.8. The van der Waals surface area contributed by atoms with Gasteiger partial charge in [-0.15, -0.1) is 0 Å². The number of likely N-dealkylation sites (N-methyl/N-ethyl adjacent to an activating group) is 1. The molecule has 208 valence electrons. The predicted molar refractivity (Wildman–Crippen MR) is 137 cm³/mol. The minimum Gasteiger partial charge on any atom is -0.490 e. The fourth-order valence-corrected chi connectivity index (χ4v) is 5.08. The van der Waals surface area contributed by atoms with Crippen molar-refractivity contribution in [3.8, 4) is 17.2 Å². The number of nitrogens with two attached hydrogens (primary N) is 1. The molecular weight excluding hydrogens is 515 g/mol. The SMILES string of the molecule is CN1CCN(c2c(NC(=O)c3coc(-c4ccnnc4)n3)ccc(OC3CCCC3)c2C(F)(F)F)C[C@@H]1CN. The van der Waals surface area contributed by atoms with Crippen molar-refractivity contribution in [2.45, 2.75) is 44.0 Å². The van der Waals surface area contributed by atoms with Gasteiger partial charge < -0.3 is 25.1 Å². The van der Waals surface area contributed by atoms with Gasteiger partial charge in [0, 0.05) is 32.2 Å². The van der Waals surface area contributed by atoms with Gasteiger partial charge in [0.1, 0.15) is 17.6 Å². The Morgan fingerprint density at radius 3 is 2.69 bits per heavy atom. The van der Waals surface area contributed by atoms with Gasteiger partial charge in [-0.2, -0.15) is 23.4 Å². The second kappa shape index (κ2) is 11.2. The number of halogens is 3. The summed E-state index contributed by atoms with van der Waals surface area (Å²) < 4.78 is 55.5. The number of piperazine rings is 1. The van der Waals surface area contributed by atoms with Crippen molar-refractivity contribution in [3.05, 3.63) is 48.1 Å². The Hall–Kier alpha value is -3.71. The number of hydrogen-bond acceptors (Lipinski definition) is 9. The van der Waals surface area contributed by atoms with Gasteiger partial charge in [0.05, 0.1) is 35.4 Å². The molecule has 1 aliphatic carbocycles. The Bertz CT molecular complexity index is 1300. The summed E-state index contributed by atoms with van der Waals surface area (Å²) in [6.07, 6.45) is 2.24. The minimum atomic E-state index is -4.74. The maximum atomic E-state index is 14.7. The van der Waals surface area contributed by atoms with Gasteiger partial charge in [-0.25, -0.2) is 4.98 Å². The number of anilines is 2. The first-order valence-corrected chi connectivity index (χ1v) is 12.8. The Labute approximate surface area is 223 Å². The van der Waals surface area contributed by atoms with Crippen LogP contribution in [0, 0.1) is 0 Å². The minimum absolute atomic E-state index is 0.00143. The maximum Gasteiger partial charge on any atom is 0.422 e. The molecule has 1 saturated carbocycles. The third kappa shape index (κ3) is 5.83. The van der Waals surface area contributed by atoms with Crippen LogP contribution in [-0.4, -0.2) is 71.4 Å². The van der Waals surface area contributed by atoms with Crippen molar-refractivity contribution in [1.29, 1.82) is 0 Å². The van der Waals surface area contributed by atoms with Crippen LogP contribution < -0.4 is 20.7 Å². The molecule has 3 aromatic rings. The van der Waals surface area contributed by atoms with Crippen LogP contribution in [0.4, 0.5) is 24.5 Å². The average molecular weight is 546 g/mol. The molecule has 1 aliphatic heterocycles. The van der Waals surface area contributed by atoms with E-state index in [0.29, 0.717) is 31.5 Å². The highest BCUT2D eigenvalue weighted by molar-refractivity contribution is 6.05. The quantitative estimate of drug-likeness (QED) is 0.456. The second-order valence-electron chi connectivity index (χ2n) is 9.80. The van der Waals surface area contributed by atoms with Crippen LogP contribution >= 0.6 is 0 Å². The summed E-state index contributed by atoms with van der Waals surface area (Å²) in [5.41, 5.74) is 5.30. The number of amides is 1. The molecule has 1 saturated heterocycles. The molecule has 0 spiro atoms. The fraction of sp³-hybridized carbons (Fsp3) is 0.462. The number of nitrogens with zero attached hydrogens (tertiary/aromatic N) is 5. The van der Waals surface area contributed by atoms with Gasteiger partial charge in [-0.05, 0) is 50.9 Å². The van der Waals surface area contributed by atoms with Crippen LogP contribution in [0.25, 0.3) is 11.5 Å². The molecule has 3 heterocycles. The maximum absolute atomic E-state index is 14.7. The van der Waals surface area contributed by atoms with E-state index < -0.39 is 17.6 Å². The highest BCUT2D eigenvalue weighted by Gasteiger charge is 2.42. The van der Waals surface area contributed by atoms with Crippen LogP contribution in [0.5, 0.6) is 5.75 Å². The van der Waals surface area contributed by atoms with Gasteiger partial charge in [-0.1, -0.05) is 0 Å². The molecule has 1 amide bonds. The molecule has 1 aromatic carbocycles. The van der Waals surface area contributed by atoms with Crippen molar-refractivity contribution < 1.29 is 27.1 Å². The van der Waals surface area contributed by atoms with E-state index in [9.17, 15) is 18.0 Å². The van der Waals surface area contributed by atoms with Crippen molar-refractivity contribution in [2.24, 2.45) is 5.73 Å². The molecule has 10 nitrogen and oxygen atoms in total. The number of benzene rings is 1. The van der Waals surface area contributed by atoms with Crippen LogP contribution in [0.3, 0.4) is 0 Å². The third-order valence-electron chi connectivity index (χ3n) is 7.20. The lowest BCUT2D eigenvalue weighted by atomic mass is 10.0. The van der Waals surface area contributed by atoms with Gasteiger partial charge >= 0.3 is 6.18 Å². The predicted octanol–water partition coefficient (Wildman–Crippen LogP) is 3.80. The Kier molecular flexibility index (Phi) is 7.71. The number of hydrogen-bond donors (Lipinski definition) is 2. The number of carbonyl (C=O) groups excluding carboxylic acids is 1. The summed E-state index contributed by atoms with van der Waals surface area (Å²) in [5, 5.41) is 10.1. The molecule has 39 heavy (non-hydrogen) atoms. The number of alkyl halides is 3. The van der Waals surface area contributed by atoms with E-state index in [0.717, 1.165) is 19.1 Å². The Balaban J connectivity index is 1.53. The largest absolute Gasteiger partial charge is 0.490 e. The smallest absolute Gasteiger partial charge is 0.422 e. The summed E-state index contributed by atoms with van der Waals surface area (Å²) in [6.45, 7) is 1.36. The van der Waals surface area contributed by atoms with E-state index in [1.165, 1.54) is 24.5 Å². The van der Waals surface area contributed by atoms with E-state index in [-0.39, 0.29) is 53.9 Å². The Morgan fingerprint density at radius 2 is 2.00 bits per heavy atom. The molecule has 0 unspecified atom stereocenters. The van der Waals surface area contributed by atoms with E-state index in [1.54, 1.807) is 11.0 Å². The van der Waals surface area contributed by atoms with E-state index in [1.807, 2.05) is 11.9 Å². The summed E-state index contributed by atoms with van der Waals surface area (Å²) in [6, 6.07) is 4.19. The molecular formula is C26H30F3N7O3. The lowest BCUT2D eigenvalue weighted by Crippen LogP contribution is -2.54. The van der Waals surface area contributed by atoms with Gasteiger partial charge in [0.2, 0.25) is 5.89 Å². The van der Waals surface area contributed by atoms with E-state index in [4.69, 9.17) is 14.9 Å². The molecule has 1 atom stereocenters. The molecule has 2 aromatic heterocycles. The highest BCUT2D eigenvalue weighted by Crippen LogP contribution is 2.48. The van der Waals surface area contributed by atoms with Crippen molar-refractivity contribution in [2.75, 3.05) is 43.4 Å². The van der Waals surface area contributed by atoms with Gasteiger partial charge in [-0.3, -0.25) is 9.69 Å². The van der Waals surface area contributed by atoms with Crippen LogP contribution in [0.1, 0.15) is 41.7 Å². The molecule has 5 rings (SSSR count). The number of aromatic nitrogens is 3. The standard InChI is InChI=1S/C26H30F3N7O3/c1-35-10-11-36(14-17(35)12-30)23-19(6-7-21(22(23)26(27,28)29)39-18-4-2-3-5-18)33-24(37)20-15-38-25(34-20)16-8-9-31-32-13-16/h6-9,13,15,17-18H,2-5,10-12,14,30H2,1H3,(H,33,37)/t17-/m0/s1. The van der Waals surface area contributed by atoms with Crippen LogP contribution in [-0.2, 0) is 6.18 Å². The average Bonchev–Trinajstić information content (AvgIpc) is 3.62. The summed E-state index contributed by atoms with van der Waals surface area (Å²) in [4.78, 5) is 21.0. The zero-order valence-corrected chi connectivity index (χ0v) is 21.4. The number of rotatable bonds is 7. The number of ether oxygens (including phenoxy) is 1. The van der Waals surface area contributed by atoms with Crippen molar-refractivity contribution >= 4 is 17.3 Å². The van der Waals surface area contributed by atoms with E-state index >= 15 is 0 Å². The molecule has 2 fully saturated rings. The zero-order chi connectivity index (χ0) is 27.6.